The molecule has 0 saturated heterocycles. The summed E-state index contributed by atoms with van der Waals surface area (Å²) in [5.41, 5.74) is 5.36. The Morgan fingerprint density at radius 3 is 2.76 bits per heavy atom. The van der Waals surface area contributed by atoms with Gasteiger partial charge in [-0.15, -0.1) is 12.4 Å². The van der Waals surface area contributed by atoms with Crippen molar-refractivity contribution in [3.63, 3.8) is 0 Å². The molecule has 0 bridgehead atoms. The Balaban J connectivity index is 0.00000225. The van der Waals surface area contributed by atoms with Gasteiger partial charge in [0.2, 0.25) is 12.7 Å². The third kappa shape index (κ3) is 4.90. The van der Waals surface area contributed by atoms with Gasteiger partial charge < -0.3 is 30.4 Å². The van der Waals surface area contributed by atoms with Crippen molar-refractivity contribution in [1.82, 2.24) is 5.32 Å². The van der Waals surface area contributed by atoms with Crippen LogP contribution in [-0.4, -0.2) is 42.6 Å². The fourth-order valence-electron chi connectivity index (χ4n) is 3.01. The molecular weight excluding hydrogens is 348 g/mol. The number of hydrogen-bond acceptors (Lipinski definition) is 6. The van der Waals surface area contributed by atoms with Gasteiger partial charge >= 0.3 is 0 Å². The van der Waals surface area contributed by atoms with Crippen LogP contribution in [0.15, 0.2) is 18.2 Å². The molecule has 3 rings (SSSR count). The predicted octanol–water partition coefficient (Wildman–Crippen LogP) is 1.35. The number of nitrogens with two attached hydrogens (primary N) is 1. The summed E-state index contributed by atoms with van der Waals surface area (Å²) >= 11 is 0. The number of ether oxygens (including phenoxy) is 3. The first kappa shape index (κ1) is 19.6. The fourth-order valence-corrected chi connectivity index (χ4v) is 3.01. The van der Waals surface area contributed by atoms with Gasteiger partial charge in [0, 0.05) is 12.6 Å². The van der Waals surface area contributed by atoms with Crippen molar-refractivity contribution in [1.29, 1.82) is 0 Å². The number of halogens is 1. The van der Waals surface area contributed by atoms with Crippen LogP contribution < -0.4 is 25.3 Å². The number of benzene rings is 1. The normalized spacial score (nSPS) is 18.8. The summed E-state index contributed by atoms with van der Waals surface area (Å²) in [7, 11) is 0. The van der Waals surface area contributed by atoms with Crippen LogP contribution in [0.1, 0.15) is 32.1 Å². The molecule has 1 aromatic rings. The van der Waals surface area contributed by atoms with Crippen molar-refractivity contribution < 1.29 is 24.1 Å². The van der Waals surface area contributed by atoms with Gasteiger partial charge in [0.25, 0.3) is 0 Å². The minimum absolute atomic E-state index is 0. The van der Waals surface area contributed by atoms with Crippen LogP contribution in [0.3, 0.4) is 0 Å². The van der Waals surface area contributed by atoms with Crippen molar-refractivity contribution in [3.05, 3.63) is 18.2 Å². The molecule has 4 N–H and O–H groups in total. The highest BCUT2D eigenvalue weighted by molar-refractivity contribution is 5.86. The lowest BCUT2D eigenvalue weighted by Crippen LogP contribution is -2.56. The number of carbonyl (C=O) groups is 1. The summed E-state index contributed by atoms with van der Waals surface area (Å²) in [6, 6.07) is 5.22. The number of fused-ring (bicyclic) bond motifs is 1. The second-order valence-electron chi connectivity index (χ2n) is 6.41. The molecule has 0 spiro atoms. The van der Waals surface area contributed by atoms with E-state index in [4.69, 9.17) is 19.9 Å². The average molecular weight is 373 g/mol. The van der Waals surface area contributed by atoms with E-state index in [2.05, 4.69) is 5.32 Å². The molecule has 140 valence electrons. The Morgan fingerprint density at radius 1 is 1.28 bits per heavy atom. The molecule has 25 heavy (non-hydrogen) atoms. The molecule has 1 fully saturated rings. The Labute approximate surface area is 153 Å². The number of carbonyl (C=O) groups excluding carboxylic acids is 1. The lowest BCUT2D eigenvalue weighted by Gasteiger charge is -2.32. The highest BCUT2D eigenvalue weighted by atomic mass is 35.5. The van der Waals surface area contributed by atoms with Gasteiger partial charge in [-0.1, -0.05) is 19.3 Å². The fraction of sp³-hybridized carbons (Fsp3) is 0.588. The molecule has 0 radical (unpaired) electrons. The molecule has 2 aliphatic rings. The third-order valence-electron chi connectivity index (χ3n) is 4.48. The van der Waals surface area contributed by atoms with E-state index >= 15 is 0 Å². The minimum Gasteiger partial charge on any atom is -0.491 e. The van der Waals surface area contributed by atoms with Crippen molar-refractivity contribution in [2.24, 2.45) is 5.73 Å². The van der Waals surface area contributed by atoms with E-state index in [1.54, 1.807) is 18.2 Å². The van der Waals surface area contributed by atoms with E-state index in [9.17, 15) is 9.90 Å². The van der Waals surface area contributed by atoms with E-state index < -0.39 is 11.6 Å². The Morgan fingerprint density at radius 2 is 2.00 bits per heavy atom. The van der Waals surface area contributed by atoms with Crippen LogP contribution >= 0.6 is 12.4 Å². The molecule has 1 aliphatic carbocycles. The maximum Gasteiger partial charge on any atom is 0.240 e. The lowest BCUT2D eigenvalue weighted by molar-refractivity contribution is -0.128. The van der Waals surface area contributed by atoms with Crippen LogP contribution in [0.4, 0.5) is 0 Å². The number of aliphatic hydroxyl groups excluding tert-OH is 1. The zero-order valence-electron chi connectivity index (χ0n) is 14.0. The minimum atomic E-state index is -0.813. The first-order valence-electron chi connectivity index (χ1n) is 8.34. The number of hydrogen-bond donors (Lipinski definition) is 3. The molecule has 1 saturated carbocycles. The summed E-state index contributed by atoms with van der Waals surface area (Å²) in [5.74, 6) is 1.69. The van der Waals surface area contributed by atoms with Crippen molar-refractivity contribution >= 4 is 18.3 Å². The summed E-state index contributed by atoms with van der Waals surface area (Å²) in [6.45, 7) is 0.383. The molecule has 8 heteroatoms. The van der Waals surface area contributed by atoms with Gasteiger partial charge in [0.05, 0.1) is 5.54 Å². The number of nitrogens with one attached hydrogen (secondary N) is 1. The maximum atomic E-state index is 12.2. The monoisotopic (exact) mass is 372 g/mol. The van der Waals surface area contributed by atoms with Gasteiger partial charge in [0.1, 0.15) is 18.5 Å². The van der Waals surface area contributed by atoms with Gasteiger partial charge in [-0.05, 0) is 25.0 Å². The van der Waals surface area contributed by atoms with Crippen LogP contribution in [0.2, 0.25) is 0 Å². The first-order valence-corrected chi connectivity index (χ1v) is 8.34. The summed E-state index contributed by atoms with van der Waals surface area (Å²) in [4.78, 5) is 12.2. The molecule has 1 amide bonds. The average Bonchev–Trinajstić information content (AvgIpc) is 3.06. The van der Waals surface area contributed by atoms with Crippen molar-refractivity contribution in [3.8, 4) is 17.2 Å². The highest BCUT2D eigenvalue weighted by Crippen LogP contribution is 2.35. The first-order chi connectivity index (χ1) is 11.6. The quantitative estimate of drug-likeness (QED) is 0.696. The highest BCUT2D eigenvalue weighted by Gasteiger charge is 2.35. The molecule has 1 aromatic carbocycles. The Kier molecular flexibility index (Phi) is 6.75. The van der Waals surface area contributed by atoms with Gasteiger partial charge in [0.15, 0.2) is 11.5 Å². The van der Waals surface area contributed by atoms with E-state index in [1.165, 1.54) is 0 Å². The molecule has 1 unspecified atom stereocenters. The van der Waals surface area contributed by atoms with Crippen molar-refractivity contribution in [2.75, 3.05) is 19.9 Å². The number of rotatable bonds is 6. The Hall–Kier alpha value is -1.70. The van der Waals surface area contributed by atoms with Crippen LogP contribution in [0.25, 0.3) is 0 Å². The van der Waals surface area contributed by atoms with Gasteiger partial charge in [-0.2, -0.15) is 0 Å². The third-order valence-corrected chi connectivity index (χ3v) is 4.48. The zero-order valence-corrected chi connectivity index (χ0v) is 14.8. The van der Waals surface area contributed by atoms with E-state index in [1.807, 2.05) is 0 Å². The molecule has 1 atom stereocenters. The van der Waals surface area contributed by atoms with Crippen LogP contribution in [-0.2, 0) is 4.79 Å². The standard InChI is InChI=1S/C17H24N2O5.ClH/c18-17(6-2-1-3-7-17)16(21)19-9-12(20)10-22-13-4-5-14-15(8-13)24-11-23-14;/h4-5,8,12,20H,1-3,6-7,9-11,18H2,(H,19,21);1H. The van der Waals surface area contributed by atoms with E-state index in [0.29, 0.717) is 30.1 Å². The topological polar surface area (TPSA) is 103 Å². The molecule has 1 aliphatic heterocycles. The smallest absolute Gasteiger partial charge is 0.240 e. The maximum absolute atomic E-state index is 12.2. The molecule has 7 nitrogen and oxygen atoms in total. The van der Waals surface area contributed by atoms with Crippen LogP contribution in [0, 0.1) is 0 Å². The summed E-state index contributed by atoms with van der Waals surface area (Å²) in [5, 5.41) is 12.7. The van der Waals surface area contributed by atoms with E-state index in [0.717, 1.165) is 19.3 Å². The van der Waals surface area contributed by atoms with Crippen molar-refractivity contribution in [2.45, 2.75) is 43.7 Å². The second-order valence-corrected chi connectivity index (χ2v) is 6.41. The van der Waals surface area contributed by atoms with Gasteiger partial charge in [-0.25, -0.2) is 0 Å². The van der Waals surface area contributed by atoms with Gasteiger partial charge in [-0.3, -0.25) is 4.79 Å². The number of aliphatic hydroxyl groups is 1. The largest absolute Gasteiger partial charge is 0.491 e. The second kappa shape index (κ2) is 8.60. The zero-order chi connectivity index (χ0) is 17.0. The SMILES string of the molecule is Cl.NC1(C(=O)NCC(O)COc2ccc3c(c2)OCO3)CCCCC1. The number of amides is 1. The predicted molar refractivity (Wildman–Crippen MR) is 94.3 cm³/mol. The molecule has 1 heterocycles. The van der Waals surface area contributed by atoms with E-state index in [-0.39, 0.29) is 38.3 Å². The summed E-state index contributed by atoms with van der Waals surface area (Å²) < 4.78 is 16.0. The lowest BCUT2D eigenvalue weighted by atomic mass is 9.82. The molecule has 0 aromatic heterocycles. The summed E-state index contributed by atoms with van der Waals surface area (Å²) in [6.07, 6.45) is 3.65. The van der Waals surface area contributed by atoms with Crippen LogP contribution in [0.5, 0.6) is 17.2 Å². The Bertz CT molecular complexity index is 592. The molecular formula is C17H25ClN2O5.